The van der Waals surface area contributed by atoms with Crippen LogP contribution in [0.25, 0.3) is 0 Å². The summed E-state index contributed by atoms with van der Waals surface area (Å²) in [7, 11) is -1.30. The maximum Gasteiger partial charge on any atom is 0.334 e. The molecule has 5 amide bonds. The van der Waals surface area contributed by atoms with Crippen LogP contribution in [0.5, 0.6) is 0 Å². The predicted molar refractivity (Wildman–Crippen MR) is 123 cm³/mol. The maximum absolute atomic E-state index is 12.4. The summed E-state index contributed by atoms with van der Waals surface area (Å²) in [6.07, 6.45) is 0.676. The minimum Gasteiger partial charge on any atom is -0.356 e. The molecule has 1 aliphatic rings. The first-order valence-electron chi connectivity index (χ1n) is 11.2. The molecule has 0 saturated carbocycles. The Kier molecular flexibility index (Phi) is 12.4. The quantitative estimate of drug-likeness (QED) is 0.0996. The number of unbranched alkanes of at least 4 members (excludes halogenated alkanes) is 1. The van der Waals surface area contributed by atoms with E-state index in [9.17, 15) is 37.2 Å². The molecule has 4 N–H and O–H groups in total. The molecule has 0 aromatic rings. The van der Waals surface area contributed by atoms with Gasteiger partial charge in [0.2, 0.25) is 17.7 Å². The van der Waals surface area contributed by atoms with Crippen molar-refractivity contribution in [2.75, 3.05) is 33.7 Å². The fourth-order valence-electron chi connectivity index (χ4n) is 3.22. The van der Waals surface area contributed by atoms with Crippen molar-refractivity contribution >= 4 is 45.6 Å². The molecule has 0 aliphatic carbocycles. The smallest absolute Gasteiger partial charge is 0.334 e. The Morgan fingerprint density at radius 1 is 1.06 bits per heavy atom. The van der Waals surface area contributed by atoms with Crippen LogP contribution in [0.2, 0.25) is 0 Å². The average molecular weight is 536 g/mol. The molecule has 0 bridgehead atoms. The molecule has 1 saturated heterocycles. The Labute approximate surface area is 209 Å². The van der Waals surface area contributed by atoms with Gasteiger partial charge in [-0.15, -0.1) is 5.06 Å². The number of carbonyl (C=O) groups is 6. The van der Waals surface area contributed by atoms with E-state index in [0.29, 0.717) is 13.0 Å². The van der Waals surface area contributed by atoms with Gasteiger partial charge in [-0.25, -0.2) is 4.79 Å². The van der Waals surface area contributed by atoms with Crippen LogP contribution < -0.4 is 16.0 Å². The monoisotopic (exact) mass is 535 g/mol. The molecule has 2 unspecified atom stereocenters. The fraction of sp³-hybridized carbons (Fsp3) is 0.700. The number of nitrogens with zero attached hydrogens (tertiary/aromatic N) is 2. The second-order valence-corrected chi connectivity index (χ2v) is 9.90. The topological polar surface area (TPSA) is 209 Å². The molecule has 16 heteroatoms. The SMILES string of the molecule is CC(=O)NCCCCC(C(=O)NCCC(=O)NCCC(=O)ON1C(=O)CC(S(=O)(=O)O)C1=O)N(C)C. The normalized spacial score (nSPS) is 16.6. The second-order valence-electron chi connectivity index (χ2n) is 8.30. The highest BCUT2D eigenvalue weighted by atomic mass is 32.2. The van der Waals surface area contributed by atoms with E-state index in [1.807, 2.05) is 0 Å². The zero-order valence-corrected chi connectivity index (χ0v) is 21.3. The Morgan fingerprint density at radius 2 is 1.69 bits per heavy atom. The highest BCUT2D eigenvalue weighted by Gasteiger charge is 2.48. The molecule has 0 aromatic heterocycles. The van der Waals surface area contributed by atoms with Crippen LogP contribution >= 0.6 is 0 Å². The lowest BCUT2D eigenvalue weighted by Crippen LogP contribution is -2.44. The summed E-state index contributed by atoms with van der Waals surface area (Å²) in [5.41, 5.74) is 0. The molecule has 1 rings (SSSR count). The Bertz CT molecular complexity index is 953. The van der Waals surface area contributed by atoms with E-state index in [0.717, 1.165) is 12.8 Å². The van der Waals surface area contributed by atoms with Crippen molar-refractivity contribution in [2.45, 2.75) is 56.7 Å². The highest BCUT2D eigenvalue weighted by Crippen LogP contribution is 2.19. The van der Waals surface area contributed by atoms with Crippen LogP contribution in [0.15, 0.2) is 0 Å². The molecule has 1 fully saturated rings. The van der Waals surface area contributed by atoms with Gasteiger partial charge in [0.25, 0.3) is 21.9 Å². The molecule has 0 radical (unpaired) electrons. The lowest BCUT2D eigenvalue weighted by atomic mass is 10.1. The van der Waals surface area contributed by atoms with Gasteiger partial charge in [0.1, 0.15) is 0 Å². The van der Waals surface area contributed by atoms with Crippen molar-refractivity contribution in [3.8, 4) is 0 Å². The first-order valence-corrected chi connectivity index (χ1v) is 12.7. The van der Waals surface area contributed by atoms with Crippen molar-refractivity contribution in [1.82, 2.24) is 25.9 Å². The van der Waals surface area contributed by atoms with Gasteiger partial charge in [-0.1, -0.05) is 0 Å². The first-order chi connectivity index (χ1) is 16.7. The van der Waals surface area contributed by atoms with Gasteiger partial charge in [0.15, 0.2) is 5.25 Å². The fourth-order valence-corrected chi connectivity index (χ4v) is 3.92. The van der Waals surface area contributed by atoms with Gasteiger partial charge in [-0.2, -0.15) is 8.42 Å². The number of imide groups is 1. The number of rotatable bonds is 15. The lowest BCUT2D eigenvalue weighted by Gasteiger charge is -2.23. The minimum atomic E-state index is -4.82. The molecule has 36 heavy (non-hydrogen) atoms. The van der Waals surface area contributed by atoms with Gasteiger partial charge in [-0.05, 0) is 33.4 Å². The maximum atomic E-state index is 12.4. The van der Waals surface area contributed by atoms with Crippen LogP contribution in [-0.2, 0) is 43.7 Å². The largest absolute Gasteiger partial charge is 0.356 e. The molecular formula is C20H33N5O10S. The molecule has 204 valence electrons. The van der Waals surface area contributed by atoms with Gasteiger partial charge in [0.05, 0.1) is 18.9 Å². The molecule has 0 spiro atoms. The van der Waals surface area contributed by atoms with Crippen molar-refractivity contribution in [1.29, 1.82) is 0 Å². The Morgan fingerprint density at radius 3 is 2.25 bits per heavy atom. The van der Waals surface area contributed by atoms with E-state index >= 15 is 0 Å². The van der Waals surface area contributed by atoms with Gasteiger partial charge in [-0.3, -0.25) is 33.4 Å². The number of hydrogen-bond acceptors (Lipinski definition) is 10. The molecule has 1 aliphatic heterocycles. The van der Waals surface area contributed by atoms with Crippen LogP contribution in [0, 0.1) is 0 Å². The number of hydrogen-bond donors (Lipinski definition) is 4. The van der Waals surface area contributed by atoms with E-state index in [-0.39, 0.29) is 36.4 Å². The molecule has 2 atom stereocenters. The van der Waals surface area contributed by atoms with Crippen molar-refractivity contribution in [2.24, 2.45) is 0 Å². The summed E-state index contributed by atoms with van der Waals surface area (Å²) in [4.78, 5) is 76.8. The summed E-state index contributed by atoms with van der Waals surface area (Å²) in [5.74, 6) is -4.39. The lowest BCUT2D eigenvalue weighted by molar-refractivity contribution is -0.197. The van der Waals surface area contributed by atoms with Gasteiger partial charge >= 0.3 is 5.97 Å². The van der Waals surface area contributed by atoms with Crippen LogP contribution in [0.1, 0.15) is 45.4 Å². The van der Waals surface area contributed by atoms with Crippen molar-refractivity contribution in [3.63, 3.8) is 0 Å². The zero-order chi connectivity index (χ0) is 27.5. The molecule has 15 nitrogen and oxygen atoms in total. The van der Waals surface area contributed by atoms with Gasteiger partial charge < -0.3 is 20.8 Å². The zero-order valence-electron chi connectivity index (χ0n) is 20.4. The molecule has 0 aromatic carbocycles. The third-order valence-electron chi connectivity index (χ3n) is 5.12. The molecular weight excluding hydrogens is 502 g/mol. The average Bonchev–Trinajstić information content (AvgIpc) is 3.04. The number of nitrogens with one attached hydrogen (secondary N) is 3. The number of carbonyl (C=O) groups excluding carboxylic acids is 6. The van der Waals surface area contributed by atoms with E-state index in [1.54, 1.807) is 19.0 Å². The third kappa shape index (κ3) is 10.7. The van der Waals surface area contributed by atoms with Crippen molar-refractivity contribution < 1.29 is 46.6 Å². The van der Waals surface area contributed by atoms with Crippen LogP contribution in [-0.4, -0.2) is 103 Å². The summed E-state index contributed by atoms with van der Waals surface area (Å²) in [5, 5.41) is 5.74. The van der Waals surface area contributed by atoms with E-state index in [1.165, 1.54) is 6.92 Å². The standard InChI is InChI=1S/C20H33N5O10S/c1-13(26)21-9-5-4-6-14(24(2)3)19(30)23-10-7-16(27)22-11-8-18(29)35-25-17(28)12-15(20(25)31)36(32,33)34/h14-15H,4-12H2,1-3H3,(H,21,26)(H,22,27)(H,23,30)(H,32,33,34). The summed E-state index contributed by atoms with van der Waals surface area (Å²) in [6.45, 7) is 1.82. The minimum absolute atomic E-state index is 0.0147. The van der Waals surface area contributed by atoms with Crippen molar-refractivity contribution in [3.05, 3.63) is 0 Å². The summed E-state index contributed by atoms with van der Waals surface area (Å²) in [6, 6.07) is -0.406. The number of likely N-dealkylation sites (N-methyl/N-ethyl adjacent to an activating group) is 1. The molecule has 1 heterocycles. The van der Waals surface area contributed by atoms with E-state index in [2.05, 4.69) is 20.8 Å². The summed E-state index contributed by atoms with van der Waals surface area (Å²) < 4.78 is 31.1. The Hall–Kier alpha value is -3.11. The second kappa shape index (κ2) is 14.4. The predicted octanol–water partition coefficient (Wildman–Crippen LogP) is -2.29. The number of amides is 5. The Balaban J connectivity index is 2.30. The van der Waals surface area contributed by atoms with E-state index < -0.39 is 57.9 Å². The number of hydroxylamine groups is 2. The highest BCUT2D eigenvalue weighted by molar-refractivity contribution is 7.87. The summed E-state index contributed by atoms with van der Waals surface area (Å²) >= 11 is 0. The third-order valence-corrected chi connectivity index (χ3v) is 6.21. The van der Waals surface area contributed by atoms with E-state index in [4.69, 9.17) is 4.55 Å². The van der Waals surface area contributed by atoms with Crippen LogP contribution in [0.3, 0.4) is 0 Å². The van der Waals surface area contributed by atoms with Crippen LogP contribution in [0.4, 0.5) is 0 Å². The van der Waals surface area contributed by atoms with Gasteiger partial charge in [0, 0.05) is 33.0 Å². The first kappa shape index (κ1) is 30.9.